The SMILES string of the molecule is Cl.Cl.O=C(NCC1CCCCN1)C1=Cc2cnc3cccc(n23)S1. The van der Waals surface area contributed by atoms with E-state index in [1.165, 1.54) is 24.6 Å². The number of carbonyl (C=O) groups is 1. The molecule has 4 heterocycles. The Kier molecular flexibility index (Phi) is 6.57. The Morgan fingerprint density at radius 1 is 1.38 bits per heavy atom. The highest BCUT2D eigenvalue weighted by atomic mass is 35.5. The van der Waals surface area contributed by atoms with Crippen molar-refractivity contribution in [3.63, 3.8) is 0 Å². The Morgan fingerprint density at radius 2 is 2.25 bits per heavy atom. The molecule has 2 aliphatic rings. The van der Waals surface area contributed by atoms with Gasteiger partial charge in [-0.3, -0.25) is 9.20 Å². The van der Waals surface area contributed by atoms with Crippen LogP contribution < -0.4 is 10.6 Å². The number of hydrogen-bond acceptors (Lipinski definition) is 4. The number of thioether (sulfide) groups is 1. The summed E-state index contributed by atoms with van der Waals surface area (Å²) in [6.07, 6.45) is 7.35. The first-order valence-corrected chi connectivity index (χ1v) is 8.50. The monoisotopic (exact) mass is 386 g/mol. The van der Waals surface area contributed by atoms with Crippen molar-refractivity contribution in [1.82, 2.24) is 20.0 Å². The highest BCUT2D eigenvalue weighted by molar-refractivity contribution is 8.04. The molecule has 1 fully saturated rings. The molecule has 0 radical (unpaired) electrons. The molecule has 2 aliphatic heterocycles. The normalized spacial score (nSPS) is 19.0. The van der Waals surface area contributed by atoms with E-state index in [1.54, 1.807) is 0 Å². The number of aromatic nitrogens is 2. The highest BCUT2D eigenvalue weighted by Crippen LogP contribution is 2.34. The molecule has 4 rings (SSSR count). The van der Waals surface area contributed by atoms with Gasteiger partial charge in [-0.25, -0.2) is 4.98 Å². The first-order valence-electron chi connectivity index (χ1n) is 7.69. The van der Waals surface area contributed by atoms with Crippen molar-refractivity contribution in [2.75, 3.05) is 13.1 Å². The number of piperidine rings is 1. The quantitative estimate of drug-likeness (QED) is 0.851. The predicted octanol–water partition coefficient (Wildman–Crippen LogP) is 2.88. The van der Waals surface area contributed by atoms with Gasteiger partial charge in [-0.15, -0.1) is 24.8 Å². The van der Waals surface area contributed by atoms with Gasteiger partial charge in [0.25, 0.3) is 5.91 Å². The van der Waals surface area contributed by atoms with E-state index in [1.807, 2.05) is 30.5 Å². The predicted molar refractivity (Wildman–Crippen MR) is 102 cm³/mol. The fraction of sp³-hybridized carbons (Fsp3) is 0.375. The number of pyridine rings is 1. The molecule has 2 aromatic rings. The number of nitrogens with zero attached hydrogens (tertiary/aromatic N) is 2. The summed E-state index contributed by atoms with van der Waals surface area (Å²) in [5.41, 5.74) is 1.88. The largest absolute Gasteiger partial charge is 0.350 e. The van der Waals surface area contributed by atoms with E-state index in [9.17, 15) is 4.79 Å². The fourth-order valence-electron chi connectivity index (χ4n) is 3.00. The second-order valence-electron chi connectivity index (χ2n) is 5.71. The molecule has 0 bridgehead atoms. The zero-order valence-corrected chi connectivity index (χ0v) is 15.5. The molecule has 8 heteroatoms. The van der Waals surface area contributed by atoms with Crippen LogP contribution in [0.15, 0.2) is 34.3 Å². The number of carbonyl (C=O) groups excluding carboxylic acids is 1. The van der Waals surface area contributed by atoms with Crippen LogP contribution in [0.4, 0.5) is 0 Å². The Hall–Kier alpha value is -1.21. The van der Waals surface area contributed by atoms with Crippen LogP contribution in [0, 0.1) is 0 Å². The summed E-state index contributed by atoms with van der Waals surface area (Å²) in [5, 5.41) is 7.54. The minimum Gasteiger partial charge on any atom is -0.350 e. The van der Waals surface area contributed by atoms with Crippen LogP contribution in [0.1, 0.15) is 25.0 Å². The van der Waals surface area contributed by atoms with Crippen LogP contribution in [-0.4, -0.2) is 34.4 Å². The van der Waals surface area contributed by atoms with Crippen LogP contribution >= 0.6 is 36.6 Å². The first kappa shape index (κ1) is 19.1. The van der Waals surface area contributed by atoms with Gasteiger partial charge >= 0.3 is 0 Å². The molecule has 0 saturated carbocycles. The molecular weight excluding hydrogens is 367 g/mol. The third kappa shape index (κ3) is 3.72. The molecule has 24 heavy (non-hydrogen) atoms. The second-order valence-corrected chi connectivity index (χ2v) is 6.77. The van der Waals surface area contributed by atoms with Crippen LogP contribution in [0.3, 0.4) is 0 Å². The lowest BCUT2D eigenvalue weighted by Gasteiger charge is -2.24. The average molecular weight is 387 g/mol. The highest BCUT2D eigenvalue weighted by Gasteiger charge is 2.21. The first-order chi connectivity index (χ1) is 10.8. The summed E-state index contributed by atoms with van der Waals surface area (Å²) in [6.45, 7) is 1.75. The molecule has 5 nitrogen and oxygen atoms in total. The van der Waals surface area contributed by atoms with Crippen molar-refractivity contribution < 1.29 is 4.79 Å². The number of amides is 1. The third-order valence-electron chi connectivity index (χ3n) is 4.16. The van der Waals surface area contributed by atoms with E-state index >= 15 is 0 Å². The summed E-state index contributed by atoms with van der Waals surface area (Å²) in [5.74, 6) is 0.00169. The van der Waals surface area contributed by atoms with Crippen molar-refractivity contribution in [2.45, 2.75) is 30.3 Å². The smallest absolute Gasteiger partial charge is 0.258 e. The molecule has 0 spiro atoms. The number of halogens is 2. The summed E-state index contributed by atoms with van der Waals surface area (Å²) in [7, 11) is 0. The van der Waals surface area contributed by atoms with Gasteiger partial charge in [-0.05, 0) is 37.6 Å². The van der Waals surface area contributed by atoms with Crippen LogP contribution in [0.2, 0.25) is 0 Å². The van der Waals surface area contributed by atoms with Gasteiger partial charge in [0.05, 0.1) is 21.8 Å². The zero-order chi connectivity index (χ0) is 14.9. The Morgan fingerprint density at radius 3 is 3.04 bits per heavy atom. The van der Waals surface area contributed by atoms with Crippen LogP contribution in [0.5, 0.6) is 0 Å². The van der Waals surface area contributed by atoms with Gasteiger partial charge in [0.15, 0.2) is 0 Å². The standard InChI is InChI=1S/C16H18N4OS.2ClH/c21-16(19-9-11-4-1-2-7-17-11)13-8-12-10-18-14-5-3-6-15(22-13)20(12)14;;/h3,5-6,8,10-11,17H,1-2,4,7,9H2,(H,19,21);2*1H. The fourth-order valence-corrected chi connectivity index (χ4v) is 4.01. The van der Waals surface area contributed by atoms with E-state index in [-0.39, 0.29) is 30.7 Å². The van der Waals surface area contributed by atoms with E-state index in [0.717, 1.165) is 34.2 Å². The van der Waals surface area contributed by atoms with E-state index < -0.39 is 0 Å². The Labute approximate surface area is 157 Å². The van der Waals surface area contributed by atoms with Gasteiger partial charge < -0.3 is 10.6 Å². The van der Waals surface area contributed by atoms with Gasteiger partial charge in [0, 0.05) is 12.6 Å². The van der Waals surface area contributed by atoms with E-state index in [4.69, 9.17) is 0 Å². The molecule has 1 saturated heterocycles. The molecule has 0 aliphatic carbocycles. The molecule has 2 N–H and O–H groups in total. The third-order valence-corrected chi connectivity index (χ3v) is 5.21. The molecule has 130 valence electrons. The maximum atomic E-state index is 12.4. The van der Waals surface area contributed by atoms with Crippen molar-refractivity contribution in [1.29, 1.82) is 0 Å². The summed E-state index contributed by atoms with van der Waals surface area (Å²) < 4.78 is 2.07. The van der Waals surface area contributed by atoms with Crippen LogP contribution in [-0.2, 0) is 4.79 Å². The number of nitrogens with one attached hydrogen (secondary N) is 2. The lowest BCUT2D eigenvalue weighted by atomic mass is 10.1. The van der Waals surface area contributed by atoms with Crippen molar-refractivity contribution in [2.24, 2.45) is 0 Å². The lowest BCUT2D eigenvalue weighted by Crippen LogP contribution is -2.43. The van der Waals surface area contributed by atoms with Crippen molar-refractivity contribution >= 4 is 54.2 Å². The van der Waals surface area contributed by atoms with Gasteiger partial charge in [0.1, 0.15) is 5.65 Å². The maximum Gasteiger partial charge on any atom is 0.258 e. The number of imidazole rings is 1. The number of rotatable bonds is 3. The van der Waals surface area contributed by atoms with E-state index in [2.05, 4.69) is 20.0 Å². The molecule has 1 unspecified atom stereocenters. The maximum absolute atomic E-state index is 12.4. The lowest BCUT2D eigenvalue weighted by molar-refractivity contribution is -0.116. The molecule has 1 amide bonds. The Balaban J connectivity index is 0.00000104. The van der Waals surface area contributed by atoms with E-state index in [0.29, 0.717) is 12.6 Å². The van der Waals surface area contributed by atoms with Gasteiger partial charge in [-0.1, -0.05) is 24.2 Å². The summed E-state index contributed by atoms with van der Waals surface area (Å²) in [4.78, 5) is 17.5. The molecule has 1 atom stereocenters. The van der Waals surface area contributed by atoms with Crippen molar-refractivity contribution in [3.05, 3.63) is 35.0 Å². The number of hydrogen-bond donors (Lipinski definition) is 2. The average Bonchev–Trinajstić information content (AvgIpc) is 2.98. The molecular formula is C16H20Cl2N4OS. The molecule has 2 aromatic heterocycles. The summed E-state index contributed by atoms with van der Waals surface area (Å²) in [6, 6.07) is 6.37. The van der Waals surface area contributed by atoms with Crippen molar-refractivity contribution in [3.8, 4) is 0 Å². The second kappa shape index (κ2) is 8.25. The summed E-state index contributed by atoms with van der Waals surface area (Å²) >= 11 is 1.50. The Bertz CT molecular complexity index is 756. The zero-order valence-electron chi connectivity index (χ0n) is 13.0. The minimum atomic E-state index is 0. The minimum absolute atomic E-state index is 0. The topological polar surface area (TPSA) is 58.4 Å². The van der Waals surface area contributed by atoms with Crippen LogP contribution in [0.25, 0.3) is 11.7 Å². The molecule has 0 aromatic carbocycles. The van der Waals surface area contributed by atoms with Gasteiger partial charge in [-0.2, -0.15) is 0 Å². The van der Waals surface area contributed by atoms with Gasteiger partial charge in [0.2, 0.25) is 0 Å².